The van der Waals surface area contributed by atoms with Gasteiger partial charge in [-0.15, -0.1) is 0 Å². The lowest BCUT2D eigenvalue weighted by molar-refractivity contribution is -0.136. The van der Waals surface area contributed by atoms with Gasteiger partial charge in [-0.2, -0.15) is 0 Å². The molecule has 0 spiro atoms. The smallest absolute Gasteiger partial charge is 0.418 e. The number of nitrogens with zero attached hydrogens (tertiary/aromatic N) is 2. The van der Waals surface area contributed by atoms with E-state index in [0.717, 1.165) is 24.8 Å². The second kappa shape index (κ2) is 10.4. The molecule has 1 aliphatic heterocycles. The van der Waals surface area contributed by atoms with Gasteiger partial charge < -0.3 is 18.6 Å². The van der Waals surface area contributed by atoms with Gasteiger partial charge in [-0.1, -0.05) is 44.0 Å². The van der Waals surface area contributed by atoms with Crippen molar-refractivity contribution in [3.63, 3.8) is 0 Å². The zero-order valence-electron chi connectivity index (χ0n) is 19.6. The Bertz CT molecular complexity index is 1160. The molecule has 1 saturated heterocycles. The number of oxazole rings is 1. The minimum atomic E-state index is -0.793. The number of carbonyl (C=O) groups is 2. The summed E-state index contributed by atoms with van der Waals surface area (Å²) in [7, 11) is 1.53. The van der Waals surface area contributed by atoms with Gasteiger partial charge in [0.15, 0.2) is 17.5 Å². The molecule has 1 unspecified atom stereocenters. The lowest BCUT2D eigenvalue weighted by atomic mass is 10.0. The lowest BCUT2D eigenvalue weighted by Gasteiger charge is -2.21. The Morgan fingerprint density at radius 3 is 2.59 bits per heavy atom. The van der Waals surface area contributed by atoms with Crippen LogP contribution in [0.1, 0.15) is 49.2 Å². The van der Waals surface area contributed by atoms with Crippen molar-refractivity contribution in [2.75, 3.05) is 13.7 Å². The Balaban J connectivity index is 1.50. The summed E-state index contributed by atoms with van der Waals surface area (Å²) in [4.78, 5) is 30.6. The summed E-state index contributed by atoms with van der Waals surface area (Å²) in [5, 5.41) is 0. The molecule has 1 atom stereocenters. The second-order valence-corrected chi connectivity index (χ2v) is 8.08. The number of aryl methyl sites for hydroxylation is 1. The third-order valence-corrected chi connectivity index (χ3v) is 5.74. The molecular formula is C26H28N2O6. The van der Waals surface area contributed by atoms with Gasteiger partial charge in [0.2, 0.25) is 5.89 Å². The van der Waals surface area contributed by atoms with Crippen molar-refractivity contribution in [1.82, 2.24) is 9.88 Å². The number of unbranched alkanes of at least 4 members (excludes halogenated alkanes) is 2. The molecule has 178 valence electrons. The fourth-order valence-electron chi connectivity index (χ4n) is 3.89. The highest BCUT2D eigenvalue weighted by atomic mass is 16.6. The predicted octanol–water partition coefficient (Wildman–Crippen LogP) is 5.45. The molecule has 3 aromatic rings. The Morgan fingerprint density at radius 1 is 1.06 bits per heavy atom. The summed E-state index contributed by atoms with van der Waals surface area (Å²) < 4.78 is 22.2. The largest absolute Gasteiger partial charge is 0.493 e. The van der Waals surface area contributed by atoms with Crippen molar-refractivity contribution in [2.45, 2.75) is 45.8 Å². The number of esters is 1. The van der Waals surface area contributed by atoms with E-state index in [0.29, 0.717) is 41.0 Å². The molecule has 0 saturated carbocycles. The maximum atomic E-state index is 12.4. The summed E-state index contributed by atoms with van der Waals surface area (Å²) in [6.45, 7) is 4.57. The first kappa shape index (κ1) is 23.4. The van der Waals surface area contributed by atoms with E-state index in [1.54, 1.807) is 18.2 Å². The Hall–Kier alpha value is -3.81. The van der Waals surface area contributed by atoms with Gasteiger partial charge in [0.05, 0.1) is 7.11 Å². The van der Waals surface area contributed by atoms with E-state index in [1.165, 1.54) is 12.0 Å². The zero-order valence-corrected chi connectivity index (χ0v) is 19.6. The van der Waals surface area contributed by atoms with Crippen molar-refractivity contribution in [3.8, 4) is 23.0 Å². The number of carbonyl (C=O) groups excluding carboxylic acids is 2. The van der Waals surface area contributed by atoms with E-state index in [-0.39, 0.29) is 6.61 Å². The van der Waals surface area contributed by atoms with E-state index < -0.39 is 18.1 Å². The van der Waals surface area contributed by atoms with Crippen LogP contribution < -0.4 is 9.47 Å². The molecule has 1 amide bonds. The first-order valence-corrected chi connectivity index (χ1v) is 11.4. The number of aromatic nitrogens is 1. The molecule has 1 aromatic heterocycles. The summed E-state index contributed by atoms with van der Waals surface area (Å²) in [6, 6.07) is 14.0. The first-order chi connectivity index (χ1) is 16.5. The molecule has 34 heavy (non-hydrogen) atoms. The van der Waals surface area contributed by atoms with E-state index >= 15 is 0 Å². The van der Waals surface area contributed by atoms with Crippen molar-refractivity contribution >= 4 is 12.1 Å². The fourth-order valence-corrected chi connectivity index (χ4v) is 3.89. The van der Waals surface area contributed by atoms with Crippen LogP contribution in [0.4, 0.5) is 4.79 Å². The number of hydrogen-bond donors (Lipinski definition) is 0. The van der Waals surface area contributed by atoms with Crippen LogP contribution in [0.25, 0.3) is 11.5 Å². The van der Waals surface area contributed by atoms with E-state index in [9.17, 15) is 9.59 Å². The van der Waals surface area contributed by atoms with Crippen molar-refractivity contribution in [3.05, 3.63) is 65.5 Å². The lowest BCUT2D eigenvalue weighted by Crippen LogP contribution is -2.29. The standard InChI is InChI=1S/C26H28N2O6/c1-4-5-9-14-28-23(25(29)34-26(28)30)19-12-13-21(22(15-19)31-3)32-16-20-17(2)33-24(27-20)18-10-7-6-8-11-18/h6-8,10-13,15,23H,4-5,9,14,16H2,1-3H3. The van der Waals surface area contributed by atoms with Crippen LogP contribution in [0, 0.1) is 6.92 Å². The SMILES string of the molecule is CCCCCN1C(=O)OC(=O)C1c1ccc(OCc2nc(-c3ccccc3)oc2C)c(OC)c1. The van der Waals surface area contributed by atoms with E-state index in [4.69, 9.17) is 18.6 Å². The first-order valence-electron chi connectivity index (χ1n) is 11.4. The topological polar surface area (TPSA) is 91.1 Å². The second-order valence-electron chi connectivity index (χ2n) is 8.08. The summed E-state index contributed by atoms with van der Waals surface area (Å²) in [5.41, 5.74) is 2.18. The van der Waals surface area contributed by atoms with Gasteiger partial charge in [-0.25, -0.2) is 14.6 Å². The van der Waals surface area contributed by atoms with E-state index in [2.05, 4.69) is 11.9 Å². The summed E-state index contributed by atoms with van der Waals surface area (Å²) in [6.07, 6.45) is 2.17. The molecule has 8 heteroatoms. The van der Waals surface area contributed by atoms with Crippen molar-refractivity contribution < 1.29 is 28.2 Å². The number of methoxy groups -OCH3 is 1. The van der Waals surface area contributed by atoms with Crippen LogP contribution in [0.5, 0.6) is 11.5 Å². The monoisotopic (exact) mass is 464 g/mol. The van der Waals surface area contributed by atoms with E-state index in [1.807, 2.05) is 37.3 Å². The molecule has 2 heterocycles. The highest BCUT2D eigenvalue weighted by Crippen LogP contribution is 2.36. The van der Waals surface area contributed by atoms with Crippen LogP contribution in [0.2, 0.25) is 0 Å². The Kier molecular flexibility index (Phi) is 7.15. The average Bonchev–Trinajstić information content (AvgIpc) is 3.36. The van der Waals surface area contributed by atoms with Crippen molar-refractivity contribution in [2.24, 2.45) is 0 Å². The van der Waals surface area contributed by atoms with Gasteiger partial charge in [-0.05, 0) is 43.2 Å². The predicted molar refractivity (Wildman–Crippen MR) is 124 cm³/mol. The maximum absolute atomic E-state index is 12.4. The van der Waals surface area contributed by atoms with Crippen LogP contribution in [0.15, 0.2) is 52.9 Å². The Labute approximate surface area is 198 Å². The quantitative estimate of drug-likeness (QED) is 0.224. The van der Waals surface area contributed by atoms with Crippen molar-refractivity contribution in [1.29, 1.82) is 0 Å². The highest BCUT2D eigenvalue weighted by molar-refractivity contribution is 5.96. The number of benzene rings is 2. The minimum Gasteiger partial charge on any atom is -0.493 e. The third-order valence-electron chi connectivity index (χ3n) is 5.74. The summed E-state index contributed by atoms with van der Waals surface area (Å²) in [5.74, 6) is 1.56. The summed E-state index contributed by atoms with van der Waals surface area (Å²) >= 11 is 0. The molecule has 8 nitrogen and oxygen atoms in total. The van der Waals surface area contributed by atoms with Gasteiger partial charge in [-0.3, -0.25) is 4.90 Å². The molecule has 0 aliphatic carbocycles. The van der Waals surface area contributed by atoms with Crippen LogP contribution >= 0.6 is 0 Å². The van der Waals surface area contributed by atoms with Gasteiger partial charge in [0.1, 0.15) is 18.1 Å². The average molecular weight is 465 g/mol. The molecular weight excluding hydrogens is 436 g/mol. The third kappa shape index (κ3) is 4.90. The molecule has 1 aliphatic rings. The van der Waals surface area contributed by atoms with Crippen LogP contribution in [0.3, 0.4) is 0 Å². The van der Waals surface area contributed by atoms with Gasteiger partial charge >= 0.3 is 12.1 Å². The van der Waals surface area contributed by atoms with Gasteiger partial charge in [0, 0.05) is 12.1 Å². The van der Waals surface area contributed by atoms with Crippen LogP contribution in [-0.4, -0.2) is 35.6 Å². The fraction of sp³-hybridized carbons (Fsp3) is 0.346. The highest BCUT2D eigenvalue weighted by Gasteiger charge is 2.42. The molecule has 0 N–H and O–H groups in total. The number of ether oxygens (including phenoxy) is 3. The normalized spacial score (nSPS) is 15.5. The molecule has 1 fully saturated rings. The number of amides is 1. The number of hydrogen-bond acceptors (Lipinski definition) is 7. The molecule has 0 bridgehead atoms. The van der Waals surface area contributed by atoms with Gasteiger partial charge in [0.25, 0.3) is 0 Å². The zero-order chi connectivity index (χ0) is 24.1. The van der Waals surface area contributed by atoms with Crippen LogP contribution in [-0.2, 0) is 16.1 Å². The molecule has 2 aromatic carbocycles. The molecule has 4 rings (SSSR count). The Morgan fingerprint density at radius 2 is 1.85 bits per heavy atom. The number of cyclic esters (lactones) is 2. The molecule has 0 radical (unpaired) electrons. The number of rotatable bonds is 10. The minimum absolute atomic E-state index is 0.185. The maximum Gasteiger partial charge on any atom is 0.418 e.